The number of esters is 1. The van der Waals surface area contributed by atoms with Gasteiger partial charge in [0.05, 0.1) is 24.1 Å². The molecule has 116 valence electrons. The quantitative estimate of drug-likeness (QED) is 0.763. The average Bonchev–Trinajstić information content (AvgIpc) is 2.47. The molecule has 1 unspecified atom stereocenters. The first kappa shape index (κ1) is 16.7. The summed E-state index contributed by atoms with van der Waals surface area (Å²) in [6, 6.07) is 1.03. The number of pyridine rings is 1. The second-order valence-electron chi connectivity index (χ2n) is 4.60. The zero-order valence-electron chi connectivity index (χ0n) is 12.8. The summed E-state index contributed by atoms with van der Waals surface area (Å²) in [5.74, 6) is -0.170. The van der Waals surface area contributed by atoms with Crippen molar-refractivity contribution in [2.45, 2.75) is 26.8 Å². The lowest BCUT2D eigenvalue weighted by Gasteiger charge is -2.21. The zero-order valence-corrected chi connectivity index (χ0v) is 12.8. The Labute approximate surface area is 124 Å². The largest absolute Gasteiger partial charge is 0.462 e. The van der Waals surface area contributed by atoms with E-state index in [4.69, 9.17) is 10.5 Å². The SMILES string of the molecule is CCOC(=O)c1cc(NC(C)C(=O)N(C)CC)ncc1N. The van der Waals surface area contributed by atoms with Crippen LogP contribution < -0.4 is 11.1 Å². The fourth-order valence-corrected chi connectivity index (χ4v) is 1.70. The van der Waals surface area contributed by atoms with Gasteiger partial charge in [0, 0.05) is 13.6 Å². The maximum absolute atomic E-state index is 12.0. The molecule has 0 aliphatic heterocycles. The summed E-state index contributed by atoms with van der Waals surface area (Å²) in [6.07, 6.45) is 1.37. The molecule has 3 N–H and O–H groups in total. The van der Waals surface area contributed by atoms with Crippen LogP contribution in [-0.2, 0) is 9.53 Å². The third-order valence-corrected chi connectivity index (χ3v) is 3.02. The van der Waals surface area contributed by atoms with Crippen molar-refractivity contribution in [2.75, 3.05) is 31.2 Å². The number of amides is 1. The van der Waals surface area contributed by atoms with Crippen LogP contribution in [0.3, 0.4) is 0 Å². The summed E-state index contributed by atoms with van der Waals surface area (Å²) in [5.41, 5.74) is 6.19. The highest BCUT2D eigenvalue weighted by molar-refractivity contribution is 5.95. The Bertz CT molecular complexity index is 519. The number of hydrogen-bond acceptors (Lipinski definition) is 6. The van der Waals surface area contributed by atoms with Crippen molar-refractivity contribution in [1.82, 2.24) is 9.88 Å². The number of carbonyl (C=O) groups is 2. The van der Waals surface area contributed by atoms with Crippen LogP contribution in [0.15, 0.2) is 12.3 Å². The van der Waals surface area contributed by atoms with Gasteiger partial charge in [0.15, 0.2) is 0 Å². The van der Waals surface area contributed by atoms with Crippen molar-refractivity contribution in [3.8, 4) is 0 Å². The van der Waals surface area contributed by atoms with E-state index in [0.29, 0.717) is 12.4 Å². The molecule has 21 heavy (non-hydrogen) atoms. The van der Waals surface area contributed by atoms with Crippen molar-refractivity contribution in [1.29, 1.82) is 0 Å². The molecular weight excluding hydrogens is 272 g/mol. The Hall–Kier alpha value is -2.31. The van der Waals surface area contributed by atoms with Gasteiger partial charge >= 0.3 is 5.97 Å². The number of carbonyl (C=O) groups excluding carboxylic acids is 2. The summed E-state index contributed by atoms with van der Waals surface area (Å²) >= 11 is 0. The van der Waals surface area contributed by atoms with Gasteiger partial charge in [-0.1, -0.05) is 0 Å². The first-order chi connectivity index (χ1) is 9.90. The lowest BCUT2D eigenvalue weighted by molar-refractivity contribution is -0.130. The minimum atomic E-state index is -0.509. The van der Waals surface area contributed by atoms with E-state index < -0.39 is 12.0 Å². The molecule has 0 radical (unpaired) electrons. The molecule has 1 aromatic rings. The summed E-state index contributed by atoms with van der Waals surface area (Å²) in [7, 11) is 1.72. The third kappa shape index (κ3) is 4.34. The number of rotatable bonds is 6. The average molecular weight is 294 g/mol. The Morgan fingerprint density at radius 3 is 2.71 bits per heavy atom. The topological polar surface area (TPSA) is 97.5 Å². The van der Waals surface area contributed by atoms with Gasteiger partial charge in [0.1, 0.15) is 11.9 Å². The summed E-state index contributed by atoms with van der Waals surface area (Å²) < 4.78 is 4.92. The van der Waals surface area contributed by atoms with Crippen LogP contribution in [0.5, 0.6) is 0 Å². The van der Waals surface area contributed by atoms with Crippen molar-refractivity contribution >= 4 is 23.4 Å². The molecule has 0 aromatic carbocycles. The molecule has 0 aliphatic carbocycles. The number of likely N-dealkylation sites (N-methyl/N-ethyl adjacent to an activating group) is 1. The molecule has 0 spiro atoms. The lowest BCUT2D eigenvalue weighted by Crippen LogP contribution is -2.39. The minimum Gasteiger partial charge on any atom is -0.462 e. The van der Waals surface area contributed by atoms with Gasteiger partial charge < -0.3 is 20.7 Å². The first-order valence-corrected chi connectivity index (χ1v) is 6.84. The number of anilines is 2. The summed E-state index contributed by atoms with van der Waals surface area (Å²) in [5, 5.41) is 2.96. The van der Waals surface area contributed by atoms with Gasteiger partial charge in [-0.15, -0.1) is 0 Å². The van der Waals surface area contributed by atoms with Crippen LogP contribution in [0.4, 0.5) is 11.5 Å². The molecular formula is C14H22N4O3. The molecule has 0 bridgehead atoms. The number of hydrogen-bond donors (Lipinski definition) is 2. The van der Waals surface area contributed by atoms with Gasteiger partial charge in [0.25, 0.3) is 0 Å². The summed E-state index contributed by atoms with van der Waals surface area (Å²) in [6.45, 7) is 6.23. The van der Waals surface area contributed by atoms with Gasteiger partial charge in [-0.25, -0.2) is 9.78 Å². The molecule has 1 aromatic heterocycles. The third-order valence-electron chi connectivity index (χ3n) is 3.02. The van der Waals surface area contributed by atoms with Gasteiger partial charge in [-0.05, 0) is 26.8 Å². The predicted octanol–water partition coefficient (Wildman–Crippen LogP) is 1.12. The van der Waals surface area contributed by atoms with Gasteiger partial charge in [-0.3, -0.25) is 4.79 Å². The maximum atomic E-state index is 12.0. The number of aromatic nitrogens is 1. The first-order valence-electron chi connectivity index (χ1n) is 6.84. The highest BCUT2D eigenvalue weighted by Crippen LogP contribution is 2.17. The van der Waals surface area contributed by atoms with E-state index in [1.54, 1.807) is 25.8 Å². The Kier molecular flexibility index (Phi) is 5.95. The van der Waals surface area contributed by atoms with Crippen LogP contribution >= 0.6 is 0 Å². The number of nitrogens with zero attached hydrogens (tertiary/aromatic N) is 2. The van der Waals surface area contributed by atoms with E-state index in [2.05, 4.69) is 10.3 Å². The monoisotopic (exact) mass is 294 g/mol. The van der Waals surface area contributed by atoms with Crippen molar-refractivity contribution < 1.29 is 14.3 Å². The number of nitrogens with one attached hydrogen (secondary N) is 1. The van der Waals surface area contributed by atoms with Crippen molar-refractivity contribution in [3.05, 3.63) is 17.8 Å². The number of ether oxygens (including phenoxy) is 1. The molecule has 7 nitrogen and oxygen atoms in total. The highest BCUT2D eigenvalue weighted by atomic mass is 16.5. The molecule has 7 heteroatoms. The Balaban J connectivity index is 2.87. The van der Waals surface area contributed by atoms with Crippen LogP contribution in [-0.4, -0.2) is 48.0 Å². The Morgan fingerprint density at radius 1 is 1.48 bits per heavy atom. The second-order valence-corrected chi connectivity index (χ2v) is 4.60. The van der Waals surface area contributed by atoms with Crippen LogP contribution in [0.25, 0.3) is 0 Å². The standard InChI is InChI=1S/C14H22N4O3/c1-5-18(4)13(19)9(3)17-12-7-10(11(15)8-16-12)14(20)21-6-2/h7-9H,5-6,15H2,1-4H3,(H,16,17). The van der Waals surface area contributed by atoms with E-state index in [-0.39, 0.29) is 23.8 Å². The van der Waals surface area contributed by atoms with Gasteiger partial charge in [0.2, 0.25) is 5.91 Å². The zero-order chi connectivity index (χ0) is 16.0. The smallest absolute Gasteiger partial charge is 0.340 e. The molecule has 0 saturated carbocycles. The van der Waals surface area contributed by atoms with E-state index >= 15 is 0 Å². The van der Waals surface area contributed by atoms with Crippen LogP contribution in [0.2, 0.25) is 0 Å². The van der Waals surface area contributed by atoms with E-state index in [9.17, 15) is 9.59 Å². The Morgan fingerprint density at radius 2 is 2.14 bits per heavy atom. The maximum Gasteiger partial charge on any atom is 0.340 e. The lowest BCUT2D eigenvalue weighted by atomic mass is 10.2. The number of nitrogens with two attached hydrogens (primary N) is 1. The van der Waals surface area contributed by atoms with E-state index in [0.717, 1.165) is 0 Å². The molecule has 1 rings (SSSR count). The fraction of sp³-hybridized carbons (Fsp3) is 0.500. The normalized spacial score (nSPS) is 11.6. The van der Waals surface area contributed by atoms with Crippen molar-refractivity contribution in [3.63, 3.8) is 0 Å². The van der Waals surface area contributed by atoms with Gasteiger partial charge in [-0.2, -0.15) is 0 Å². The highest BCUT2D eigenvalue weighted by Gasteiger charge is 2.18. The predicted molar refractivity (Wildman–Crippen MR) is 81.0 cm³/mol. The minimum absolute atomic E-state index is 0.0613. The molecule has 1 amide bonds. The van der Waals surface area contributed by atoms with Crippen LogP contribution in [0.1, 0.15) is 31.1 Å². The van der Waals surface area contributed by atoms with Crippen LogP contribution in [0, 0.1) is 0 Å². The van der Waals surface area contributed by atoms with E-state index in [1.165, 1.54) is 12.3 Å². The fourth-order valence-electron chi connectivity index (χ4n) is 1.70. The second kappa shape index (κ2) is 7.47. The molecule has 1 atom stereocenters. The summed E-state index contributed by atoms with van der Waals surface area (Å²) in [4.78, 5) is 29.4. The van der Waals surface area contributed by atoms with Crippen molar-refractivity contribution in [2.24, 2.45) is 0 Å². The molecule has 0 aliphatic rings. The molecule has 0 saturated heterocycles. The molecule has 0 fully saturated rings. The number of nitrogen functional groups attached to an aromatic ring is 1. The molecule has 1 heterocycles. The van der Waals surface area contributed by atoms with E-state index in [1.807, 2.05) is 6.92 Å².